The molecule has 0 unspecified atom stereocenters. The molecule has 0 radical (unpaired) electrons. The van der Waals surface area contributed by atoms with E-state index in [1.165, 1.54) is 95.4 Å². The first-order valence-electron chi connectivity index (χ1n) is 33.7. The molecule has 0 aromatic rings. The van der Waals surface area contributed by atoms with Gasteiger partial charge >= 0.3 is 11.9 Å². The van der Waals surface area contributed by atoms with Gasteiger partial charge in [0.15, 0.2) is 0 Å². The van der Waals surface area contributed by atoms with Gasteiger partial charge in [0, 0.05) is 159 Å². The summed E-state index contributed by atoms with van der Waals surface area (Å²) < 4.78 is 44.3. The number of methoxy groups -OCH3 is 8. The summed E-state index contributed by atoms with van der Waals surface area (Å²) in [7, 11) is 25.9. The van der Waals surface area contributed by atoms with Gasteiger partial charge < -0.3 is 95.2 Å². The van der Waals surface area contributed by atoms with Crippen LogP contribution in [0.2, 0.25) is 0 Å². The predicted octanol–water partition coefficient (Wildman–Crippen LogP) is 2.56. The third kappa shape index (κ3) is 110. The minimum Gasteiger partial charge on any atom is -0.428 e. The number of ketones is 2. The first-order chi connectivity index (χ1) is 49.2. The summed E-state index contributed by atoms with van der Waals surface area (Å²) in [6.07, 6.45) is 6.09. The van der Waals surface area contributed by atoms with E-state index in [1.54, 1.807) is 70.7 Å². The highest BCUT2D eigenvalue weighted by atomic mass is 16.7. The number of amides is 11. The van der Waals surface area contributed by atoms with Crippen molar-refractivity contribution in [3.63, 3.8) is 0 Å². The number of β-lactam (4-membered cyclic amide) rings is 6. The third-order valence-corrected chi connectivity index (χ3v) is 9.62. The quantitative estimate of drug-likeness (QED) is 0.0260. The van der Waals surface area contributed by atoms with Crippen molar-refractivity contribution in [1.82, 2.24) is 62.6 Å². The second kappa shape index (κ2) is 103. The van der Waals surface area contributed by atoms with E-state index in [0.29, 0.717) is 40.0 Å². The molecule has 11 amide bonds. The molecule has 37 heteroatoms. The van der Waals surface area contributed by atoms with Crippen LogP contribution in [0.15, 0.2) is 0 Å². The Morgan fingerprint density at radius 3 is 0.667 bits per heavy atom. The van der Waals surface area contributed by atoms with Gasteiger partial charge in [-0.05, 0) is 34.6 Å². The van der Waals surface area contributed by atoms with Crippen molar-refractivity contribution in [2.75, 3.05) is 174 Å². The zero-order valence-electron chi connectivity index (χ0n) is 70.0. The van der Waals surface area contributed by atoms with Crippen LogP contribution in [0, 0.1) is 17.8 Å². The molecule has 105 heavy (non-hydrogen) atoms. The molecule has 0 aromatic carbocycles. The van der Waals surface area contributed by atoms with Crippen molar-refractivity contribution < 1.29 is 119 Å². The fourth-order valence-corrected chi connectivity index (χ4v) is 5.02. The Hall–Kier alpha value is -7.43. The van der Waals surface area contributed by atoms with E-state index in [-0.39, 0.29) is 116 Å². The second-order valence-corrected chi connectivity index (χ2v) is 20.5. The molecule has 9 N–H and O–H groups in total. The van der Waals surface area contributed by atoms with E-state index < -0.39 is 29.7 Å². The second-order valence-electron chi connectivity index (χ2n) is 20.5. The van der Waals surface area contributed by atoms with Crippen molar-refractivity contribution in [2.24, 2.45) is 17.8 Å². The minimum absolute atomic E-state index is 0.0293. The van der Waals surface area contributed by atoms with Gasteiger partial charge in [-0.15, -0.1) is 0 Å². The summed E-state index contributed by atoms with van der Waals surface area (Å²) in [6, 6.07) is 0. The normalized spacial score (nSPS) is 11.3. The lowest BCUT2D eigenvalue weighted by atomic mass is 9.82. The number of nitrogens with zero attached hydrogens (tertiary/aromatic N) is 3. The van der Waals surface area contributed by atoms with Gasteiger partial charge in [0.1, 0.15) is 56.5 Å². The number of likely N-dealkylation sites (tertiary alicyclic amines) is 3. The Morgan fingerprint density at radius 1 is 0.333 bits per heavy atom. The number of imide groups is 3. The summed E-state index contributed by atoms with van der Waals surface area (Å²) in [6.45, 7) is 32.1. The average molecular weight is 1530 g/mol. The lowest BCUT2D eigenvalue weighted by Gasteiger charge is -2.38. The molecule has 0 aromatic heterocycles. The minimum atomic E-state index is -0.790. The van der Waals surface area contributed by atoms with Crippen molar-refractivity contribution in [1.29, 1.82) is 0 Å². The summed E-state index contributed by atoms with van der Waals surface area (Å²) in [5.41, 5.74) is 0. The molecule has 37 nitrogen and oxygen atoms in total. The van der Waals surface area contributed by atoms with Crippen LogP contribution < -0.4 is 47.9 Å². The number of ether oxygens (including phenoxy) is 10. The summed E-state index contributed by atoms with van der Waals surface area (Å²) in [5.74, 6) is -5.83. The highest BCUT2D eigenvalue weighted by Gasteiger charge is 2.52. The molecular weight excluding hydrogens is 1380 g/mol. The number of carbonyl (C=O) groups is 15. The van der Waals surface area contributed by atoms with Gasteiger partial charge in [0.2, 0.25) is 71.8 Å². The predicted molar refractivity (Wildman–Crippen MR) is 401 cm³/mol. The van der Waals surface area contributed by atoms with Crippen molar-refractivity contribution in [3.05, 3.63) is 0 Å². The van der Waals surface area contributed by atoms with E-state index in [1.807, 2.05) is 28.2 Å². The van der Waals surface area contributed by atoms with Gasteiger partial charge in [0.25, 0.3) is 0 Å². The van der Waals surface area contributed by atoms with Crippen molar-refractivity contribution >= 4 is 88.5 Å². The molecule has 3 rings (SSSR count). The number of nitrogens with one attached hydrogen (secondary N) is 9. The highest BCUT2D eigenvalue weighted by molar-refractivity contribution is 6.21. The number of rotatable bonds is 26. The van der Waals surface area contributed by atoms with Gasteiger partial charge in [-0.1, -0.05) is 94.9 Å². The van der Waals surface area contributed by atoms with E-state index in [9.17, 15) is 71.9 Å². The number of carbonyl (C=O) groups excluding carboxylic acids is 15. The zero-order chi connectivity index (χ0) is 85.3. The van der Waals surface area contributed by atoms with Gasteiger partial charge in [-0.3, -0.25) is 86.6 Å². The summed E-state index contributed by atoms with van der Waals surface area (Å²) in [4.78, 5) is 162. The van der Waals surface area contributed by atoms with E-state index in [4.69, 9.17) is 0 Å². The molecule has 3 saturated heterocycles. The fourth-order valence-electron chi connectivity index (χ4n) is 5.02. The van der Waals surface area contributed by atoms with E-state index in [0.717, 1.165) is 28.0 Å². The Kier molecular flexibility index (Phi) is 125. The fraction of sp³-hybridized carbons (Fsp3) is 0.779. The van der Waals surface area contributed by atoms with Crippen LogP contribution >= 0.6 is 0 Å². The molecule has 0 atom stereocenters. The Labute approximate surface area is 628 Å². The van der Waals surface area contributed by atoms with Crippen LogP contribution in [0.5, 0.6) is 0 Å². The average Bonchev–Trinajstić information content (AvgIpc) is 0.768. The van der Waals surface area contributed by atoms with Crippen molar-refractivity contribution in [3.8, 4) is 0 Å². The maximum Gasteiger partial charge on any atom is 0.305 e. The van der Waals surface area contributed by atoms with Crippen LogP contribution in [0.3, 0.4) is 0 Å². The summed E-state index contributed by atoms with van der Waals surface area (Å²) >= 11 is 0. The lowest BCUT2D eigenvalue weighted by molar-refractivity contribution is -0.171. The molecule has 3 aliphatic heterocycles. The van der Waals surface area contributed by atoms with Gasteiger partial charge in [-0.2, -0.15) is 0 Å². The van der Waals surface area contributed by atoms with Gasteiger partial charge in [0.05, 0.1) is 19.8 Å². The first kappa shape index (κ1) is 127. The number of Topliss-reactive ketones (excluding diaryl/α,β-unsaturated/α-hetero) is 2. The molecular formula is C68H144N12O25. The van der Waals surface area contributed by atoms with Crippen LogP contribution in [0.1, 0.15) is 169 Å². The highest BCUT2D eigenvalue weighted by Crippen LogP contribution is 2.31. The molecule has 0 spiro atoms. The maximum absolute atomic E-state index is 11.2. The molecule has 626 valence electrons. The topological polar surface area (TPSA) is 466 Å². The lowest BCUT2D eigenvalue weighted by Crippen LogP contribution is -2.61. The SMILES string of the molecule is CC(=O)NCNC(C)=O.CC(=O)NCNC(C)=O.CC(=O)OCOC(C)=O.CCC.CCC.CCC.CCC.CCC(=O)CC(=O)CC.CN1C(=O)C(CC2C(=O)N(C)C2=O)C1=O.CNC(=O)CC1C(=O)N(C)C1=O.CNCNC.CNCNC.COCOC.COCOC.COCOC.COCOC. The van der Waals surface area contributed by atoms with Crippen LogP contribution in [0.25, 0.3) is 0 Å². The Balaban J connectivity index is -0.0000000802. The molecule has 0 aliphatic carbocycles. The summed E-state index contributed by atoms with van der Waals surface area (Å²) in [5, 5.41) is 23.6. The third-order valence-electron chi connectivity index (χ3n) is 9.62. The standard InChI is InChI=1S/C9H10N2O4.C7H10N2O3.C7H12O2.2C5H10N2O2.C5H8O4.2C3H10N2.4C3H8O2.4C3H8/c1-10-6(12)4(7(10)13)3-5-8(14)11(2)9(5)15;1-8-5(10)3-4-6(11)9(2)7(4)12;1-3-6(8)5-7(9)4-2;2*1-4(8)6-3-7-5(2)9;1-4(6)8-3-9-5(2)7;6*1-4-3-5-2;4*1-3-2/h4-5H,3H2,1-2H3;4H,3H2,1-2H3,(H,8,10);3-5H2,1-2H3;2*3H2,1-2H3,(H,6,8)(H,7,9);3H2,1-2H3;2*4-5H,3H2,1-2H3;4*3H2,1-2H3;4*3H2,1-2H3. The van der Waals surface area contributed by atoms with Crippen LogP contribution in [-0.2, 0) is 119 Å². The largest absolute Gasteiger partial charge is 0.428 e. The smallest absolute Gasteiger partial charge is 0.305 e. The Bertz CT molecular complexity index is 1880. The van der Waals surface area contributed by atoms with E-state index >= 15 is 0 Å². The zero-order valence-corrected chi connectivity index (χ0v) is 70.0. The monoisotopic (exact) mass is 1530 g/mol. The number of esters is 2. The number of hydrogen-bond acceptors (Lipinski definition) is 29. The number of hydrogen-bond donors (Lipinski definition) is 9. The van der Waals surface area contributed by atoms with Crippen LogP contribution in [0.4, 0.5) is 0 Å². The molecule has 3 fully saturated rings. The molecule has 0 saturated carbocycles. The molecule has 0 bridgehead atoms. The molecule has 3 heterocycles. The maximum atomic E-state index is 11.2. The Morgan fingerprint density at radius 2 is 0.533 bits per heavy atom. The van der Waals surface area contributed by atoms with Gasteiger partial charge in [-0.25, -0.2) is 0 Å². The van der Waals surface area contributed by atoms with E-state index in [2.05, 4.69) is 151 Å². The first-order valence-corrected chi connectivity index (χ1v) is 33.7. The van der Waals surface area contributed by atoms with Crippen LogP contribution in [-0.4, -0.2) is 277 Å². The molecule has 3 aliphatic rings. The van der Waals surface area contributed by atoms with Crippen molar-refractivity contribution in [2.45, 2.75) is 169 Å².